The Balaban J connectivity index is 1.42. The van der Waals surface area contributed by atoms with Crippen molar-refractivity contribution in [1.82, 2.24) is 24.3 Å². The Labute approximate surface area is 223 Å². The van der Waals surface area contributed by atoms with E-state index in [1.54, 1.807) is 30.5 Å². The van der Waals surface area contributed by atoms with Crippen molar-refractivity contribution < 1.29 is 14.3 Å². The number of hydrogen-bond donors (Lipinski definition) is 1. The third-order valence-corrected chi connectivity index (χ3v) is 8.07. The van der Waals surface area contributed by atoms with Crippen molar-refractivity contribution in [2.75, 3.05) is 11.9 Å². The molecule has 5 rings (SSSR count). The van der Waals surface area contributed by atoms with Crippen molar-refractivity contribution in [1.29, 1.82) is 0 Å². The zero-order chi connectivity index (χ0) is 26.7. The maximum Gasteiger partial charge on any atom is 0.247 e. The van der Waals surface area contributed by atoms with Gasteiger partial charge in [-0.05, 0) is 43.0 Å². The fourth-order valence-electron chi connectivity index (χ4n) is 4.05. The lowest BCUT2D eigenvalue weighted by Gasteiger charge is -2.15. The van der Waals surface area contributed by atoms with Crippen LogP contribution in [0.4, 0.5) is 5.69 Å². The van der Waals surface area contributed by atoms with Crippen LogP contribution in [0.2, 0.25) is 25.7 Å². The van der Waals surface area contributed by atoms with E-state index in [0.717, 1.165) is 47.4 Å². The van der Waals surface area contributed by atoms with Gasteiger partial charge in [-0.1, -0.05) is 32.3 Å². The molecule has 1 N–H and O–H groups in total. The Morgan fingerprint density at radius 1 is 1.24 bits per heavy atom. The molecule has 0 spiro atoms. The molecule has 1 amide bonds. The molecule has 38 heavy (non-hydrogen) atoms. The van der Waals surface area contributed by atoms with Crippen molar-refractivity contribution in [3.05, 3.63) is 61.7 Å². The normalized spacial score (nSPS) is 13.6. The first kappa shape index (κ1) is 25.9. The summed E-state index contributed by atoms with van der Waals surface area (Å²) < 4.78 is 16.1. The van der Waals surface area contributed by atoms with Gasteiger partial charge in [-0.3, -0.25) is 9.48 Å². The summed E-state index contributed by atoms with van der Waals surface area (Å²) in [5.41, 5.74) is 3.96. The maximum absolute atomic E-state index is 11.7. The first-order chi connectivity index (χ1) is 18.3. The predicted octanol–water partition coefficient (Wildman–Crippen LogP) is 5.93. The summed E-state index contributed by atoms with van der Waals surface area (Å²) in [4.78, 5) is 21.2. The SMILES string of the molecule is C=CC(=O)Nc1cccc(Oc2cnc3c(n2)c(-c2cnn(CC4CC4)c2)cn3COCC[Si](C)(C)C)c1. The van der Waals surface area contributed by atoms with Gasteiger partial charge in [0.15, 0.2) is 5.65 Å². The fourth-order valence-corrected chi connectivity index (χ4v) is 4.81. The van der Waals surface area contributed by atoms with Gasteiger partial charge in [-0.15, -0.1) is 0 Å². The van der Waals surface area contributed by atoms with E-state index in [2.05, 4.69) is 42.8 Å². The minimum absolute atomic E-state index is 0.288. The topological polar surface area (TPSA) is 96.1 Å². The lowest BCUT2D eigenvalue weighted by molar-refractivity contribution is -0.111. The highest BCUT2D eigenvalue weighted by atomic mass is 28.3. The van der Waals surface area contributed by atoms with Gasteiger partial charge in [0, 0.05) is 56.5 Å². The van der Waals surface area contributed by atoms with Crippen molar-refractivity contribution in [3.63, 3.8) is 0 Å². The van der Waals surface area contributed by atoms with Gasteiger partial charge in [-0.25, -0.2) is 9.97 Å². The van der Waals surface area contributed by atoms with E-state index in [0.29, 0.717) is 24.0 Å². The molecule has 0 bridgehead atoms. The fraction of sp³-hybridized carbons (Fsp3) is 0.357. The third-order valence-electron chi connectivity index (χ3n) is 6.37. The molecule has 9 nitrogen and oxygen atoms in total. The monoisotopic (exact) mass is 530 g/mol. The van der Waals surface area contributed by atoms with Gasteiger partial charge in [0.05, 0.1) is 12.4 Å². The van der Waals surface area contributed by atoms with E-state index in [1.807, 2.05) is 21.6 Å². The minimum Gasteiger partial charge on any atom is -0.437 e. The zero-order valence-corrected chi connectivity index (χ0v) is 23.2. The molecule has 4 aromatic rings. The van der Waals surface area contributed by atoms with Crippen molar-refractivity contribution >= 4 is 30.8 Å². The van der Waals surface area contributed by atoms with Crippen LogP contribution in [0, 0.1) is 5.92 Å². The number of hydrogen-bond acceptors (Lipinski definition) is 6. The van der Waals surface area contributed by atoms with Crippen molar-refractivity contribution in [2.45, 2.75) is 51.8 Å². The Bertz CT molecular complexity index is 1450. The molecule has 1 aromatic carbocycles. The van der Waals surface area contributed by atoms with Gasteiger partial charge < -0.3 is 19.4 Å². The Morgan fingerprint density at radius 3 is 2.84 bits per heavy atom. The highest BCUT2D eigenvalue weighted by molar-refractivity contribution is 6.76. The number of aromatic nitrogens is 5. The number of fused-ring (bicyclic) bond motifs is 1. The van der Waals surface area contributed by atoms with Crippen LogP contribution in [0.15, 0.2) is 61.7 Å². The average Bonchev–Trinajstić information content (AvgIpc) is 3.45. The van der Waals surface area contributed by atoms with Crippen LogP contribution in [0.1, 0.15) is 12.8 Å². The predicted molar refractivity (Wildman–Crippen MR) is 151 cm³/mol. The smallest absolute Gasteiger partial charge is 0.247 e. The molecular weight excluding hydrogens is 496 g/mol. The minimum atomic E-state index is -1.18. The summed E-state index contributed by atoms with van der Waals surface area (Å²) in [5, 5.41) is 7.32. The average molecular weight is 531 g/mol. The van der Waals surface area contributed by atoms with Crippen molar-refractivity contribution in [3.8, 4) is 22.8 Å². The van der Waals surface area contributed by atoms with E-state index in [9.17, 15) is 4.79 Å². The standard InChI is InChI=1S/C28H34N6O3Si/c1-5-25(35)31-22-7-6-8-23(13-22)37-26-15-29-28-27(32-26)24(18-33(28)19-36-11-12-38(2,3)4)21-14-30-34(17-21)16-20-9-10-20/h5-8,13-15,17-18,20H,1,9-12,16,19H2,2-4H3,(H,31,35). The number of carbonyl (C=O) groups excluding carboxylic acids is 1. The molecule has 3 heterocycles. The Kier molecular flexibility index (Phi) is 7.43. The maximum atomic E-state index is 11.7. The molecule has 0 atom stereocenters. The Hall–Kier alpha value is -3.76. The molecule has 198 valence electrons. The van der Waals surface area contributed by atoms with Gasteiger partial charge >= 0.3 is 0 Å². The van der Waals surface area contributed by atoms with Crippen LogP contribution in [0.25, 0.3) is 22.3 Å². The summed E-state index contributed by atoms with van der Waals surface area (Å²) in [6.45, 7) is 12.6. The van der Waals surface area contributed by atoms with Crippen LogP contribution < -0.4 is 10.1 Å². The van der Waals surface area contributed by atoms with Crippen LogP contribution in [-0.4, -0.2) is 44.9 Å². The quantitative estimate of drug-likeness (QED) is 0.138. The molecule has 0 saturated heterocycles. The zero-order valence-electron chi connectivity index (χ0n) is 22.2. The molecule has 0 aliphatic heterocycles. The molecule has 1 fully saturated rings. The summed E-state index contributed by atoms with van der Waals surface area (Å²) in [6, 6.07) is 8.21. The van der Waals surface area contributed by atoms with Gasteiger partial charge in [-0.2, -0.15) is 5.10 Å². The number of nitrogens with zero attached hydrogens (tertiary/aromatic N) is 5. The van der Waals surface area contributed by atoms with E-state index < -0.39 is 8.07 Å². The molecule has 10 heteroatoms. The van der Waals surface area contributed by atoms with E-state index in [-0.39, 0.29) is 5.91 Å². The largest absolute Gasteiger partial charge is 0.437 e. The van der Waals surface area contributed by atoms with Gasteiger partial charge in [0.1, 0.15) is 18.0 Å². The second-order valence-electron chi connectivity index (χ2n) is 11.0. The first-order valence-corrected chi connectivity index (χ1v) is 16.7. The van der Waals surface area contributed by atoms with E-state index in [1.165, 1.54) is 18.9 Å². The summed E-state index contributed by atoms with van der Waals surface area (Å²) in [5.74, 6) is 1.33. The number of benzene rings is 1. The molecule has 1 aliphatic rings. The second kappa shape index (κ2) is 10.9. The van der Waals surface area contributed by atoms with Gasteiger partial charge in [0.2, 0.25) is 11.8 Å². The molecule has 0 radical (unpaired) electrons. The number of anilines is 1. The third kappa shape index (κ3) is 6.56. The number of nitrogens with one attached hydrogen (secondary N) is 1. The van der Waals surface area contributed by atoms with E-state index in [4.69, 9.17) is 19.4 Å². The summed E-state index contributed by atoms with van der Waals surface area (Å²) in [7, 11) is -1.18. The van der Waals surface area contributed by atoms with E-state index >= 15 is 0 Å². The highest BCUT2D eigenvalue weighted by Gasteiger charge is 2.23. The van der Waals surface area contributed by atoms with Crippen LogP contribution >= 0.6 is 0 Å². The van der Waals surface area contributed by atoms with Crippen LogP contribution in [0.5, 0.6) is 11.6 Å². The van der Waals surface area contributed by atoms with Crippen LogP contribution in [0.3, 0.4) is 0 Å². The number of ether oxygens (including phenoxy) is 2. The molecule has 1 saturated carbocycles. The first-order valence-electron chi connectivity index (χ1n) is 13.0. The Morgan fingerprint density at radius 2 is 2.08 bits per heavy atom. The number of rotatable bonds is 12. The molecule has 3 aromatic heterocycles. The summed E-state index contributed by atoms with van der Waals surface area (Å²) in [6.07, 6.45) is 11.4. The lowest BCUT2D eigenvalue weighted by atomic mass is 10.2. The van der Waals surface area contributed by atoms with Crippen molar-refractivity contribution in [2.24, 2.45) is 5.92 Å². The van der Waals surface area contributed by atoms with Gasteiger partial charge in [0.25, 0.3) is 0 Å². The highest BCUT2D eigenvalue weighted by Crippen LogP contribution is 2.33. The molecule has 0 unspecified atom stereocenters. The molecular formula is C28H34N6O3Si. The molecule has 1 aliphatic carbocycles. The lowest BCUT2D eigenvalue weighted by Crippen LogP contribution is -2.22. The number of amides is 1. The summed E-state index contributed by atoms with van der Waals surface area (Å²) >= 11 is 0. The number of carbonyl (C=O) groups is 1. The second-order valence-corrected chi connectivity index (χ2v) is 16.6. The van der Waals surface area contributed by atoms with Crippen LogP contribution in [-0.2, 0) is 22.8 Å².